The van der Waals surface area contributed by atoms with Crippen LogP contribution >= 0.6 is 7.60 Å². The molecule has 20 heavy (non-hydrogen) atoms. The Balaban J connectivity index is 2.24. The van der Waals surface area contributed by atoms with Crippen molar-refractivity contribution in [3.05, 3.63) is 54.6 Å². The van der Waals surface area contributed by atoms with E-state index < -0.39 is 7.60 Å². The summed E-state index contributed by atoms with van der Waals surface area (Å²) in [5.41, 5.74) is 0. The molecule has 5 heteroatoms. The number of rotatable bonds is 6. The summed E-state index contributed by atoms with van der Waals surface area (Å²) in [6.07, 6.45) is 0. The van der Waals surface area contributed by atoms with Crippen LogP contribution in [0.25, 0.3) is 0 Å². The quantitative estimate of drug-likeness (QED) is 0.763. The molecule has 0 saturated heterocycles. The highest BCUT2D eigenvalue weighted by Gasteiger charge is 2.27. The van der Waals surface area contributed by atoms with Gasteiger partial charge in [0.15, 0.2) is 0 Å². The van der Waals surface area contributed by atoms with Gasteiger partial charge in [0.25, 0.3) is 0 Å². The Labute approximate surface area is 118 Å². The second-order valence-electron chi connectivity index (χ2n) is 4.01. The minimum Gasteiger partial charge on any atom is -0.494 e. The van der Waals surface area contributed by atoms with Crippen LogP contribution in [0, 0.1) is 0 Å². The van der Waals surface area contributed by atoms with E-state index in [1.54, 1.807) is 36.4 Å². The third-order valence-corrected chi connectivity index (χ3v) is 4.54. The van der Waals surface area contributed by atoms with Crippen molar-refractivity contribution in [3.63, 3.8) is 0 Å². The summed E-state index contributed by atoms with van der Waals surface area (Å²) in [6, 6.07) is 15.8. The summed E-state index contributed by atoms with van der Waals surface area (Å²) < 4.78 is 28.7. The zero-order chi connectivity index (χ0) is 14.4. The fourth-order valence-corrected chi connectivity index (χ4v) is 3.01. The summed E-state index contributed by atoms with van der Waals surface area (Å²) in [4.78, 5) is 0. The molecule has 0 spiro atoms. The summed E-state index contributed by atoms with van der Waals surface area (Å²) in [7, 11) is -1.99. The molecule has 0 aliphatic heterocycles. The summed E-state index contributed by atoms with van der Waals surface area (Å²) in [6.45, 7) is 2.49. The standard InChI is InChI=1S/C15H17O4P/c1-3-18-13-9-11-15(12-10-13)20(16,17-2)19-14-7-5-4-6-8-14/h4-12H,3H2,1-2H3. The van der Waals surface area contributed by atoms with Gasteiger partial charge in [-0.05, 0) is 43.3 Å². The van der Waals surface area contributed by atoms with E-state index in [0.29, 0.717) is 17.7 Å². The van der Waals surface area contributed by atoms with E-state index in [-0.39, 0.29) is 0 Å². The molecule has 106 valence electrons. The maximum Gasteiger partial charge on any atom is 0.410 e. The lowest BCUT2D eigenvalue weighted by molar-refractivity contribution is 0.333. The van der Waals surface area contributed by atoms with Crippen LogP contribution in [0.5, 0.6) is 11.5 Å². The first-order valence-electron chi connectivity index (χ1n) is 6.32. The van der Waals surface area contributed by atoms with Crippen molar-refractivity contribution in [3.8, 4) is 11.5 Å². The second-order valence-corrected chi connectivity index (χ2v) is 6.07. The van der Waals surface area contributed by atoms with Gasteiger partial charge in [0, 0.05) is 7.11 Å². The molecule has 4 nitrogen and oxygen atoms in total. The van der Waals surface area contributed by atoms with Crippen molar-refractivity contribution in [2.75, 3.05) is 13.7 Å². The van der Waals surface area contributed by atoms with Crippen molar-refractivity contribution < 1.29 is 18.3 Å². The smallest absolute Gasteiger partial charge is 0.410 e. The normalized spacial score (nSPS) is 13.5. The van der Waals surface area contributed by atoms with Gasteiger partial charge < -0.3 is 9.26 Å². The molecular weight excluding hydrogens is 275 g/mol. The van der Waals surface area contributed by atoms with E-state index in [9.17, 15) is 4.57 Å². The number of hydrogen-bond acceptors (Lipinski definition) is 4. The van der Waals surface area contributed by atoms with Crippen LogP contribution in [-0.4, -0.2) is 13.7 Å². The second kappa shape index (κ2) is 6.60. The molecule has 0 aliphatic carbocycles. The molecule has 2 aromatic rings. The first-order chi connectivity index (χ1) is 9.68. The van der Waals surface area contributed by atoms with Crippen LogP contribution in [0.4, 0.5) is 0 Å². The molecule has 0 aliphatic rings. The molecular formula is C15H17O4P. The van der Waals surface area contributed by atoms with E-state index in [4.69, 9.17) is 13.8 Å². The SMILES string of the molecule is CCOc1ccc(P(=O)(OC)Oc2ccccc2)cc1. The topological polar surface area (TPSA) is 44.8 Å². The Hall–Kier alpha value is -1.77. The first-order valence-corrected chi connectivity index (χ1v) is 7.86. The minimum atomic E-state index is -3.37. The molecule has 1 unspecified atom stereocenters. The summed E-state index contributed by atoms with van der Waals surface area (Å²) in [5.74, 6) is 1.23. The maximum absolute atomic E-state index is 12.7. The summed E-state index contributed by atoms with van der Waals surface area (Å²) in [5, 5.41) is 0.493. The largest absolute Gasteiger partial charge is 0.494 e. The number of para-hydroxylation sites is 1. The van der Waals surface area contributed by atoms with Crippen molar-refractivity contribution in [1.82, 2.24) is 0 Å². The van der Waals surface area contributed by atoms with E-state index in [2.05, 4.69) is 0 Å². The highest BCUT2D eigenvalue weighted by Crippen LogP contribution is 2.46. The van der Waals surface area contributed by atoms with Gasteiger partial charge >= 0.3 is 7.60 Å². The predicted octanol–water partition coefficient (Wildman–Crippen LogP) is 3.63. The summed E-state index contributed by atoms with van der Waals surface area (Å²) >= 11 is 0. The molecule has 0 bridgehead atoms. The fourth-order valence-electron chi connectivity index (χ4n) is 1.71. The van der Waals surface area contributed by atoms with Gasteiger partial charge in [-0.2, -0.15) is 0 Å². The van der Waals surface area contributed by atoms with Crippen LogP contribution in [0.15, 0.2) is 54.6 Å². The predicted molar refractivity (Wildman–Crippen MR) is 78.9 cm³/mol. The molecule has 1 atom stereocenters. The van der Waals surface area contributed by atoms with Crippen molar-refractivity contribution >= 4 is 12.9 Å². The van der Waals surface area contributed by atoms with Crippen LogP contribution in [-0.2, 0) is 9.09 Å². The number of benzene rings is 2. The molecule has 2 aromatic carbocycles. The van der Waals surface area contributed by atoms with Crippen LogP contribution in [0.1, 0.15) is 6.92 Å². The fraction of sp³-hybridized carbons (Fsp3) is 0.200. The van der Waals surface area contributed by atoms with Gasteiger partial charge in [-0.1, -0.05) is 18.2 Å². The van der Waals surface area contributed by atoms with E-state index in [0.717, 1.165) is 5.75 Å². The lowest BCUT2D eigenvalue weighted by Gasteiger charge is -2.17. The van der Waals surface area contributed by atoms with Gasteiger partial charge in [-0.3, -0.25) is 4.52 Å². The number of ether oxygens (including phenoxy) is 1. The third kappa shape index (κ3) is 3.41. The van der Waals surface area contributed by atoms with Crippen molar-refractivity contribution in [2.24, 2.45) is 0 Å². The molecule has 0 aromatic heterocycles. The van der Waals surface area contributed by atoms with Gasteiger partial charge in [0.1, 0.15) is 11.5 Å². The van der Waals surface area contributed by atoms with E-state index >= 15 is 0 Å². The zero-order valence-corrected chi connectivity index (χ0v) is 12.4. The molecule has 2 rings (SSSR count). The molecule has 0 radical (unpaired) electrons. The van der Waals surface area contributed by atoms with Gasteiger partial charge in [0.2, 0.25) is 0 Å². The molecule has 0 amide bonds. The minimum absolute atomic E-state index is 0.493. The average Bonchev–Trinajstić information content (AvgIpc) is 2.49. The molecule has 0 fully saturated rings. The Kier molecular flexibility index (Phi) is 4.83. The highest BCUT2D eigenvalue weighted by molar-refractivity contribution is 7.62. The third-order valence-electron chi connectivity index (χ3n) is 2.67. The number of hydrogen-bond donors (Lipinski definition) is 0. The molecule has 0 heterocycles. The molecule has 0 saturated carbocycles. The van der Waals surface area contributed by atoms with Crippen LogP contribution in [0.2, 0.25) is 0 Å². The Morgan fingerprint density at radius 2 is 1.60 bits per heavy atom. The molecule has 0 N–H and O–H groups in total. The van der Waals surface area contributed by atoms with Gasteiger partial charge in [0.05, 0.1) is 11.9 Å². The van der Waals surface area contributed by atoms with Crippen molar-refractivity contribution in [1.29, 1.82) is 0 Å². The monoisotopic (exact) mass is 292 g/mol. The van der Waals surface area contributed by atoms with Crippen LogP contribution < -0.4 is 14.6 Å². The Morgan fingerprint density at radius 3 is 2.15 bits per heavy atom. The lowest BCUT2D eigenvalue weighted by Crippen LogP contribution is -2.11. The van der Waals surface area contributed by atoms with E-state index in [1.165, 1.54) is 7.11 Å². The first kappa shape index (κ1) is 14.6. The zero-order valence-electron chi connectivity index (χ0n) is 11.5. The van der Waals surface area contributed by atoms with Gasteiger partial charge in [-0.15, -0.1) is 0 Å². The van der Waals surface area contributed by atoms with Crippen LogP contribution in [0.3, 0.4) is 0 Å². The highest BCUT2D eigenvalue weighted by atomic mass is 31.2. The van der Waals surface area contributed by atoms with Gasteiger partial charge in [-0.25, -0.2) is 4.57 Å². The Morgan fingerprint density at radius 1 is 0.950 bits per heavy atom. The van der Waals surface area contributed by atoms with E-state index in [1.807, 2.05) is 25.1 Å². The maximum atomic E-state index is 12.7. The Bertz CT molecular complexity index is 581. The van der Waals surface area contributed by atoms with Crippen molar-refractivity contribution in [2.45, 2.75) is 6.92 Å². The lowest BCUT2D eigenvalue weighted by atomic mass is 10.3. The average molecular weight is 292 g/mol.